The van der Waals surface area contributed by atoms with Crippen molar-refractivity contribution in [3.63, 3.8) is 0 Å². The summed E-state index contributed by atoms with van der Waals surface area (Å²) in [4.78, 5) is 10.1. The Bertz CT molecular complexity index is 760. The lowest BCUT2D eigenvalue weighted by Crippen LogP contribution is -2.65. The van der Waals surface area contributed by atoms with E-state index in [1.165, 1.54) is 12.1 Å². The minimum Gasteiger partial charge on any atom is -0.462 e. The molecule has 2 aliphatic heterocycles. The Kier molecular flexibility index (Phi) is 7.94. The van der Waals surface area contributed by atoms with Gasteiger partial charge in [-0.15, -0.1) is 0 Å². The summed E-state index contributed by atoms with van der Waals surface area (Å²) >= 11 is 0. The highest BCUT2D eigenvalue weighted by Gasteiger charge is 2.51. The van der Waals surface area contributed by atoms with Gasteiger partial charge in [-0.2, -0.15) is 0 Å². The van der Waals surface area contributed by atoms with Gasteiger partial charge < -0.3 is 54.7 Å². The van der Waals surface area contributed by atoms with Gasteiger partial charge in [0.15, 0.2) is 6.29 Å². The van der Waals surface area contributed by atoms with Crippen molar-refractivity contribution < 1.29 is 59.6 Å². The number of aliphatic hydroxyl groups is 7. The molecular weight excluding hydrogens is 438 g/mol. The molecule has 10 atom stereocenters. The zero-order chi connectivity index (χ0) is 23.6. The third kappa shape index (κ3) is 4.99. The van der Waals surface area contributed by atoms with Crippen molar-refractivity contribution in [1.29, 1.82) is 0 Å². The topological polar surface area (TPSA) is 222 Å². The molecule has 0 unspecified atom stereocenters. The van der Waals surface area contributed by atoms with Gasteiger partial charge in [0, 0.05) is 12.1 Å². The molecule has 14 nitrogen and oxygen atoms in total. The van der Waals surface area contributed by atoms with E-state index < -0.39 is 79.5 Å². The minimum absolute atomic E-state index is 0.0804. The lowest BCUT2D eigenvalue weighted by molar-refractivity contribution is -0.384. The molecule has 0 bridgehead atoms. The number of non-ortho nitro benzene ring substituents is 1. The average Bonchev–Trinajstić information content (AvgIpc) is 2.79. The zero-order valence-corrected chi connectivity index (χ0v) is 16.5. The van der Waals surface area contributed by atoms with Crippen molar-refractivity contribution in [3.8, 4) is 5.75 Å². The van der Waals surface area contributed by atoms with Crippen molar-refractivity contribution in [2.45, 2.75) is 61.4 Å². The van der Waals surface area contributed by atoms with E-state index in [9.17, 15) is 45.9 Å². The molecule has 1 aromatic carbocycles. The average molecular weight is 463 g/mol. The monoisotopic (exact) mass is 463 g/mol. The normalized spacial score (nSPS) is 40.1. The summed E-state index contributed by atoms with van der Waals surface area (Å²) in [5.41, 5.74) is -0.191. The highest BCUT2D eigenvalue weighted by Crippen LogP contribution is 2.30. The molecule has 0 spiro atoms. The molecule has 3 rings (SSSR count). The van der Waals surface area contributed by atoms with E-state index in [0.717, 1.165) is 12.1 Å². The minimum atomic E-state index is -1.77. The van der Waals surface area contributed by atoms with E-state index in [4.69, 9.17) is 18.9 Å². The van der Waals surface area contributed by atoms with Crippen LogP contribution in [0.25, 0.3) is 0 Å². The van der Waals surface area contributed by atoms with Crippen molar-refractivity contribution in [2.75, 3.05) is 13.2 Å². The molecule has 0 aliphatic carbocycles. The first-order chi connectivity index (χ1) is 15.2. The number of nitrogens with zero attached hydrogens (tertiary/aromatic N) is 1. The van der Waals surface area contributed by atoms with Crippen LogP contribution in [-0.4, -0.2) is 115 Å². The van der Waals surface area contributed by atoms with E-state index in [0.29, 0.717) is 0 Å². The molecule has 0 amide bonds. The summed E-state index contributed by atoms with van der Waals surface area (Å²) in [6, 6.07) is 4.83. The quantitative estimate of drug-likeness (QED) is 0.155. The van der Waals surface area contributed by atoms with E-state index in [-0.39, 0.29) is 11.4 Å². The second-order valence-corrected chi connectivity index (χ2v) is 7.37. The first-order valence-electron chi connectivity index (χ1n) is 9.67. The molecule has 0 aromatic heterocycles. The number of benzene rings is 1. The fourth-order valence-corrected chi connectivity index (χ4v) is 3.43. The summed E-state index contributed by atoms with van der Waals surface area (Å²) in [5.74, 6) is 0.0804. The Balaban J connectivity index is 1.70. The van der Waals surface area contributed by atoms with Crippen LogP contribution >= 0.6 is 0 Å². The molecule has 1 aromatic rings. The summed E-state index contributed by atoms with van der Waals surface area (Å²) < 4.78 is 21.5. The number of aliphatic hydroxyl groups excluding tert-OH is 7. The first-order valence-corrected chi connectivity index (χ1v) is 9.67. The van der Waals surface area contributed by atoms with Gasteiger partial charge >= 0.3 is 0 Å². The largest absolute Gasteiger partial charge is 0.462 e. The van der Waals surface area contributed by atoms with Crippen molar-refractivity contribution >= 4 is 5.69 Å². The highest BCUT2D eigenvalue weighted by atomic mass is 16.7. The maximum atomic E-state index is 10.7. The maximum Gasteiger partial charge on any atom is 0.269 e. The second-order valence-electron chi connectivity index (χ2n) is 7.37. The molecule has 14 heteroatoms. The Morgan fingerprint density at radius 2 is 1.38 bits per heavy atom. The predicted molar refractivity (Wildman–Crippen MR) is 100 cm³/mol. The molecular formula is C18H25NO13. The van der Waals surface area contributed by atoms with Gasteiger partial charge in [0.1, 0.15) is 54.6 Å². The molecule has 32 heavy (non-hydrogen) atoms. The number of nitro groups is 1. The van der Waals surface area contributed by atoms with E-state index >= 15 is 0 Å². The molecule has 7 N–H and O–H groups in total. The van der Waals surface area contributed by atoms with Crippen LogP contribution in [0.5, 0.6) is 5.75 Å². The SMILES string of the molecule is O=[N+]([O-])c1ccc(O[C@H]2O[C@@H](CO)[C@@H](O[C@H]3O[C@@H](CO)[C@@H](O)[C@@H](O)[C@H]3O)[C@@H](O)[C@H]2O)cc1. The van der Waals surface area contributed by atoms with Gasteiger partial charge in [0.2, 0.25) is 6.29 Å². The molecule has 2 aliphatic rings. The van der Waals surface area contributed by atoms with Gasteiger partial charge in [-0.1, -0.05) is 0 Å². The number of ether oxygens (including phenoxy) is 4. The van der Waals surface area contributed by atoms with Gasteiger partial charge in [-0.3, -0.25) is 10.1 Å². The van der Waals surface area contributed by atoms with Crippen molar-refractivity contribution in [2.24, 2.45) is 0 Å². The van der Waals surface area contributed by atoms with Crippen LogP contribution in [0.15, 0.2) is 24.3 Å². The Hall–Kier alpha value is -1.98. The van der Waals surface area contributed by atoms with Gasteiger partial charge in [0.25, 0.3) is 5.69 Å². The third-order valence-corrected chi connectivity index (χ3v) is 5.26. The lowest BCUT2D eigenvalue weighted by Gasteiger charge is -2.45. The van der Waals surface area contributed by atoms with Gasteiger partial charge in [0.05, 0.1) is 18.1 Å². The van der Waals surface area contributed by atoms with Crippen LogP contribution in [0.1, 0.15) is 0 Å². The van der Waals surface area contributed by atoms with Crippen molar-refractivity contribution in [1.82, 2.24) is 0 Å². The van der Waals surface area contributed by atoms with E-state index in [2.05, 4.69) is 0 Å². The number of rotatable bonds is 7. The zero-order valence-electron chi connectivity index (χ0n) is 16.5. The van der Waals surface area contributed by atoms with E-state index in [1.54, 1.807) is 0 Å². The Labute approximate surface area is 180 Å². The highest BCUT2D eigenvalue weighted by molar-refractivity contribution is 5.36. The fourth-order valence-electron chi connectivity index (χ4n) is 3.43. The third-order valence-electron chi connectivity index (χ3n) is 5.26. The first kappa shape index (κ1) is 24.7. The summed E-state index contributed by atoms with van der Waals surface area (Å²) in [7, 11) is 0. The standard InChI is InChI=1S/C18H25NO13/c20-5-9-11(22)12(23)14(25)18(30-9)32-16-10(6-21)31-17(15(26)13(16)24)29-8-3-1-7(2-4-8)19(27)28/h1-4,9-18,20-26H,5-6H2/t9-,10-,11+,12+,13-,14+,15+,16+,17-,18+/m0/s1. The number of hydrogen-bond acceptors (Lipinski definition) is 13. The molecule has 2 saturated heterocycles. The summed E-state index contributed by atoms with van der Waals surface area (Å²) in [6.45, 7) is -1.42. The van der Waals surface area contributed by atoms with Crippen LogP contribution in [0.3, 0.4) is 0 Å². The van der Waals surface area contributed by atoms with Crippen LogP contribution in [-0.2, 0) is 14.2 Å². The molecule has 0 radical (unpaired) electrons. The predicted octanol–water partition coefficient (Wildman–Crippen LogP) is -3.40. The molecule has 0 saturated carbocycles. The molecule has 180 valence electrons. The maximum absolute atomic E-state index is 10.7. The molecule has 2 fully saturated rings. The van der Waals surface area contributed by atoms with Gasteiger partial charge in [-0.25, -0.2) is 0 Å². The fraction of sp³-hybridized carbons (Fsp3) is 0.667. The van der Waals surface area contributed by atoms with Crippen LogP contribution < -0.4 is 4.74 Å². The van der Waals surface area contributed by atoms with Gasteiger partial charge in [-0.05, 0) is 12.1 Å². The van der Waals surface area contributed by atoms with Crippen LogP contribution in [0.2, 0.25) is 0 Å². The number of hydrogen-bond donors (Lipinski definition) is 7. The van der Waals surface area contributed by atoms with E-state index in [1.807, 2.05) is 0 Å². The summed E-state index contributed by atoms with van der Waals surface area (Å²) in [5, 5.41) is 80.4. The van der Waals surface area contributed by atoms with Crippen LogP contribution in [0.4, 0.5) is 5.69 Å². The number of nitro benzene ring substituents is 1. The van der Waals surface area contributed by atoms with Crippen LogP contribution in [0, 0.1) is 10.1 Å². The smallest absolute Gasteiger partial charge is 0.269 e. The van der Waals surface area contributed by atoms with Crippen molar-refractivity contribution in [3.05, 3.63) is 34.4 Å². The second kappa shape index (κ2) is 10.3. The Morgan fingerprint density at radius 3 is 1.94 bits per heavy atom. The molecule has 2 heterocycles. The lowest BCUT2D eigenvalue weighted by atomic mass is 9.97. The Morgan fingerprint density at radius 1 is 0.812 bits per heavy atom. The summed E-state index contributed by atoms with van der Waals surface area (Å²) in [6.07, 6.45) is -15.7.